The standard InChI is InChI=1S/C17H23ClO4/c1-2-3-13-21-16(19)11-5-4-6-12-17(20)22-15-10-8-7-9-14(15)18/h7-10H,2-6,11-13H2,1H3. The lowest BCUT2D eigenvalue weighted by Crippen LogP contribution is -2.08. The molecule has 0 saturated heterocycles. The lowest BCUT2D eigenvalue weighted by Gasteiger charge is -2.06. The Morgan fingerprint density at radius 1 is 1.00 bits per heavy atom. The predicted octanol–water partition coefficient (Wildman–Crippen LogP) is 4.54. The summed E-state index contributed by atoms with van der Waals surface area (Å²) in [7, 11) is 0. The number of rotatable bonds is 10. The summed E-state index contributed by atoms with van der Waals surface area (Å²) in [4.78, 5) is 23.0. The van der Waals surface area contributed by atoms with Crippen molar-refractivity contribution >= 4 is 23.5 Å². The van der Waals surface area contributed by atoms with Gasteiger partial charge in [-0.1, -0.05) is 43.5 Å². The molecule has 122 valence electrons. The second-order valence-electron chi connectivity index (χ2n) is 5.04. The number of hydrogen-bond donors (Lipinski definition) is 0. The van der Waals surface area contributed by atoms with Gasteiger partial charge in [-0.15, -0.1) is 0 Å². The van der Waals surface area contributed by atoms with E-state index < -0.39 is 0 Å². The fraction of sp³-hybridized carbons (Fsp3) is 0.529. The quantitative estimate of drug-likeness (QED) is 0.360. The van der Waals surface area contributed by atoms with Gasteiger partial charge in [0.05, 0.1) is 11.6 Å². The van der Waals surface area contributed by atoms with E-state index in [1.807, 2.05) is 0 Å². The summed E-state index contributed by atoms with van der Waals surface area (Å²) in [6.45, 7) is 2.55. The van der Waals surface area contributed by atoms with Gasteiger partial charge in [-0.3, -0.25) is 9.59 Å². The van der Waals surface area contributed by atoms with Gasteiger partial charge in [-0.2, -0.15) is 0 Å². The van der Waals surface area contributed by atoms with E-state index in [0.717, 1.165) is 25.7 Å². The van der Waals surface area contributed by atoms with Crippen molar-refractivity contribution in [2.75, 3.05) is 6.61 Å². The molecule has 4 nitrogen and oxygen atoms in total. The minimum atomic E-state index is -0.307. The van der Waals surface area contributed by atoms with Crippen LogP contribution in [-0.2, 0) is 14.3 Å². The largest absolute Gasteiger partial charge is 0.466 e. The maximum absolute atomic E-state index is 11.7. The SMILES string of the molecule is CCCCOC(=O)CCCCCC(=O)Oc1ccccc1Cl. The second kappa shape index (κ2) is 11.1. The highest BCUT2D eigenvalue weighted by Gasteiger charge is 2.08. The molecule has 0 aromatic heterocycles. The average molecular weight is 327 g/mol. The lowest BCUT2D eigenvalue weighted by molar-refractivity contribution is -0.143. The number of esters is 2. The molecule has 1 aromatic rings. The average Bonchev–Trinajstić information content (AvgIpc) is 2.49. The minimum Gasteiger partial charge on any atom is -0.466 e. The Kier molecular flexibility index (Phi) is 9.31. The van der Waals surface area contributed by atoms with E-state index in [4.69, 9.17) is 21.1 Å². The van der Waals surface area contributed by atoms with Crippen LogP contribution in [-0.4, -0.2) is 18.5 Å². The Morgan fingerprint density at radius 2 is 1.68 bits per heavy atom. The van der Waals surface area contributed by atoms with Gasteiger partial charge < -0.3 is 9.47 Å². The van der Waals surface area contributed by atoms with E-state index in [2.05, 4.69) is 6.92 Å². The van der Waals surface area contributed by atoms with Crippen LogP contribution in [0.5, 0.6) is 5.75 Å². The summed E-state index contributed by atoms with van der Waals surface area (Å²) in [6.07, 6.45) is 4.84. The third kappa shape index (κ3) is 8.03. The van der Waals surface area contributed by atoms with E-state index in [9.17, 15) is 9.59 Å². The molecule has 5 heteroatoms. The van der Waals surface area contributed by atoms with E-state index in [-0.39, 0.29) is 11.9 Å². The molecule has 0 aliphatic carbocycles. The first-order chi connectivity index (χ1) is 10.6. The maximum atomic E-state index is 11.7. The Morgan fingerprint density at radius 3 is 2.36 bits per heavy atom. The second-order valence-corrected chi connectivity index (χ2v) is 5.45. The molecule has 0 aliphatic heterocycles. The third-order valence-electron chi connectivity index (χ3n) is 3.08. The highest BCUT2D eigenvalue weighted by Crippen LogP contribution is 2.23. The topological polar surface area (TPSA) is 52.6 Å². The Bertz CT molecular complexity index is 473. The Labute approximate surface area is 136 Å². The summed E-state index contributed by atoms with van der Waals surface area (Å²) in [5.74, 6) is -0.0839. The predicted molar refractivity (Wildman–Crippen MR) is 86.0 cm³/mol. The maximum Gasteiger partial charge on any atom is 0.311 e. The molecule has 0 atom stereocenters. The summed E-state index contributed by atoms with van der Waals surface area (Å²) < 4.78 is 10.2. The molecule has 0 radical (unpaired) electrons. The van der Waals surface area contributed by atoms with E-state index in [1.165, 1.54) is 0 Å². The normalized spacial score (nSPS) is 10.3. The molecule has 0 heterocycles. The highest BCUT2D eigenvalue weighted by atomic mass is 35.5. The van der Waals surface area contributed by atoms with E-state index in [0.29, 0.717) is 36.6 Å². The minimum absolute atomic E-state index is 0.160. The number of carbonyl (C=O) groups is 2. The number of para-hydroxylation sites is 1. The van der Waals surface area contributed by atoms with Crippen LogP contribution >= 0.6 is 11.6 Å². The molecule has 0 bridgehead atoms. The number of benzene rings is 1. The number of carbonyl (C=O) groups excluding carboxylic acids is 2. The third-order valence-corrected chi connectivity index (χ3v) is 3.40. The fourth-order valence-corrected chi connectivity index (χ4v) is 1.99. The fourth-order valence-electron chi connectivity index (χ4n) is 1.82. The van der Waals surface area contributed by atoms with Gasteiger partial charge in [0.2, 0.25) is 0 Å². The molecule has 0 amide bonds. The van der Waals surface area contributed by atoms with Crippen LogP contribution in [0.1, 0.15) is 51.9 Å². The molecule has 0 spiro atoms. The van der Waals surface area contributed by atoms with Crippen molar-refractivity contribution in [2.45, 2.75) is 51.9 Å². The van der Waals surface area contributed by atoms with E-state index in [1.54, 1.807) is 24.3 Å². The number of halogens is 1. The van der Waals surface area contributed by atoms with Crippen molar-refractivity contribution in [3.63, 3.8) is 0 Å². The van der Waals surface area contributed by atoms with Crippen molar-refractivity contribution in [3.05, 3.63) is 29.3 Å². The van der Waals surface area contributed by atoms with Crippen LogP contribution < -0.4 is 4.74 Å². The molecule has 1 rings (SSSR count). The molecule has 1 aromatic carbocycles. The summed E-state index contributed by atoms with van der Waals surface area (Å²) in [5, 5.41) is 0.422. The van der Waals surface area contributed by atoms with Gasteiger partial charge in [-0.05, 0) is 31.4 Å². The van der Waals surface area contributed by atoms with Gasteiger partial charge >= 0.3 is 11.9 Å². The molecule has 0 fully saturated rings. The van der Waals surface area contributed by atoms with Gasteiger partial charge in [0.1, 0.15) is 5.75 Å². The number of ether oxygens (including phenoxy) is 2. The van der Waals surface area contributed by atoms with Crippen LogP contribution in [0.25, 0.3) is 0 Å². The highest BCUT2D eigenvalue weighted by molar-refractivity contribution is 6.32. The van der Waals surface area contributed by atoms with E-state index >= 15 is 0 Å². The molecule has 22 heavy (non-hydrogen) atoms. The van der Waals surface area contributed by atoms with Gasteiger partial charge in [0, 0.05) is 12.8 Å². The number of hydrogen-bond acceptors (Lipinski definition) is 4. The summed E-state index contributed by atoms with van der Waals surface area (Å²) in [6, 6.07) is 6.87. The first-order valence-corrected chi connectivity index (χ1v) is 8.12. The zero-order valence-corrected chi connectivity index (χ0v) is 13.7. The zero-order chi connectivity index (χ0) is 16.2. The van der Waals surface area contributed by atoms with Crippen LogP contribution in [0.15, 0.2) is 24.3 Å². The van der Waals surface area contributed by atoms with Crippen LogP contribution in [0, 0.1) is 0 Å². The molecule has 0 saturated carbocycles. The van der Waals surface area contributed by atoms with Crippen molar-refractivity contribution in [1.82, 2.24) is 0 Å². The molecule has 0 N–H and O–H groups in total. The lowest BCUT2D eigenvalue weighted by atomic mass is 10.1. The van der Waals surface area contributed by atoms with Crippen molar-refractivity contribution < 1.29 is 19.1 Å². The first kappa shape index (κ1) is 18.5. The van der Waals surface area contributed by atoms with Crippen molar-refractivity contribution in [3.8, 4) is 5.75 Å². The van der Waals surface area contributed by atoms with Gasteiger partial charge in [0.25, 0.3) is 0 Å². The molecular weight excluding hydrogens is 304 g/mol. The van der Waals surface area contributed by atoms with Crippen LogP contribution in [0.2, 0.25) is 5.02 Å². The first-order valence-electron chi connectivity index (χ1n) is 7.74. The molecular formula is C17H23ClO4. The van der Waals surface area contributed by atoms with Crippen molar-refractivity contribution in [1.29, 1.82) is 0 Å². The zero-order valence-electron chi connectivity index (χ0n) is 13.0. The molecule has 0 aliphatic rings. The number of unbranched alkanes of at least 4 members (excludes halogenated alkanes) is 3. The van der Waals surface area contributed by atoms with Crippen LogP contribution in [0.4, 0.5) is 0 Å². The Balaban J connectivity index is 2.08. The van der Waals surface area contributed by atoms with Crippen LogP contribution in [0.3, 0.4) is 0 Å². The smallest absolute Gasteiger partial charge is 0.311 e. The summed E-state index contributed by atoms with van der Waals surface area (Å²) in [5.41, 5.74) is 0. The molecule has 0 unspecified atom stereocenters. The van der Waals surface area contributed by atoms with Gasteiger partial charge in [0.15, 0.2) is 0 Å². The Hall–Kier alpha value is -1.55. The summed E-state index contributed by atoms with van der Waals surface area (Å²) >= 11 is 5.91. The van der Waals surface area contributed by atoms with Crippen molar-refractivity contribution in [2.24, 2.45) is 0 Å². The van der Waals surface area contributed by atoms with Gasteiger partial charge in [-0.25, -0.2) is 0 Å². The monoisotopic (exact) mass is 326 g/mol.